The summed E-state index contributed by atoms with van der Waals surface area (Å²) in [6, 6.07) is 0. The largest absolute Gasteiger partial charge is 0.673 e. The summed E-state index contributed by atoms with van der Waals surface area (Å²) >= 11 is 0. The Morgan fingerprint density at radius 1 is 0.435 bits per heavy atom. The molecule has 0 fully saturated rings. The SMILES string of the molecule is C1=CCCC=CCC1.C1=CCCC=CCC1.F[B-](F)(F)F.O.[Rh]. The molecule has 0 aromatic carbocycles. The van der Waals surface area contributed by atoms with Crippen molar-refractivity contribution in [1.29, 1.82) is 0 Å². The van der Waals surface area contributed by atoms with Gasteiger partial charge in [-0.05, 0) is 51.4 Å². The van der Waals surface area contributed by atoms with Crippen LogP contribution in [0.25, 0.3) is 0 Å². The second-order valence-electron chi connectivity index (χ2n) is 4.69. The number of hydrogen-bond acceptors (Lipinski definition) is 0. The van der Waals surface area contributed by atoms with Crippen LogP contribution in [-0.4, -0.2) is 12.7 Å². The topological polar surface area (TPSA) is 31.5 Å². The second kappa shape index (κ2) is 19.4. The summed E-state index contributed by atoms with van der Waals surface area (Å²) in [6.07, 6.45) is 28.0. The maximum absolute atomic E-state index is 9.75. The molecular weight excluding hydrogens is 398 g/mol. The molecule has 0 spiro atoms. The molecule has 23 heavy (non-hydrogen) atoms. The molecule has 0 atom stereocenters. The van der Waals surface area contributed by atoms with Gasteiger partial charge in [-0.3, -0.25) is 0 Å². The van der Waals surface area contributed by atoms with E-state index in [1.165, 1.54) is 51.4 Å². The molecule has 0 bridgehead atoms. The Bertz CT molecular complexity index is 266. The van der Waals surface area contributed by atoms with Crippen molar-refractivity contribution >= 4 is 7.25 Å². The van der Waals surface area contributed by atoms with Crippen molar-refractivity contribution in [2.45, 2.75) is 51.4 Å². The maximum Gasteiger partial charge on any atom is 0.673 e. The van der Waals surface area contributed by atoms with E-state index in [1.807, 2.05) is 0 Å². The smallest absolute Gasteiger partial charge is 0.418 e. The zero-order chi connectivity index (χ0) is 15.8. The van der Waals surface area contributed by atoms with Gasteiger partial charge in [0.25, 0.3) is 0 Å². The van der Waals surface area contributed by atoms with Crippen LogP contribution in [0, 0.1) is 0 Å². The molecule has 137 valence electrons. The Morgan fingerprint density at radius 3 is 0.609 bits per heavy atom. The van der Waals surface area contributed by atoms with Gasteiger partial charge in [0.2, 0.25) is 0 Å². The summed E-state index contributed by atoms with van der Waals surface area (Å²) in [5.74, 6) is 0. The molecule has 0 heterocycles. The van der Waals surface area contributed by atoms with Crippen LogP contribution in [0.15, 0.2) is 48.6 Å². The molecular formula is C16H26BF4ORh-. The summed E-state index contributed by atoms with van der Waals surface area (Å²) in [5, 5.41) is 0. The van der Waals surface area contributed by atoms with Crippen molar-refractivity contribution in [3.05, 3.63) is 48.6 Å². The van der Waals surface area contributed by atoms with E-state index in [2.05, 4.69) is 48.6 Å². The van der Waals surface area contributed by atoms with E-state index < -0.39 is 7.25 Å². The van der Waals surface area contributed by atoms with Gasteiger partial charge in [-0.25, -0.2) is 0 Å². The van der Waals surface area contributed by atoms with Gasteiger partial charge in [0.15, 0.2) is 0 Å². The van der Waals surface area contributed by atoms with E-state index in [0.29, 0.717) is 0 Å². The predicted molar refractivity (Wildman–Crippen MR) is 87.3 cm³/mol. The fourth-order valence-electron chi connectivity index (χ4n) is 1.71. The molecule has 7 heteroatoms. The summed E-state index contributed by atoms with van der Waals surface area (Å²) in [6.45, 7) is 0. The minimum Gasteiger partial charge on any atom is -0.418 e. The zero-order valence-corrected chi connectivity index (χ0v) is 14.8. The second-order valence-corrected chi connectivity index (χ2v) is 4.69. The molecule has 1 nitrogen and oxygen atoms in total. The Hall–Kier alpha value is -0.672. The van der Waals surface area contributed by atoms with Crippen molar-refractivity contribution in [1.82, 2.24) is 0 Å². The third kappa shape index (κ3) is 33.9. The normalized spacial score (nSPS) is 16.5. The molecule has 1 radical (unpaired) electrons. The molecule has 0 aliphatic heterocycles. The van der Waals surface area contributed by atoms with E-state index >= 15 is 0 Å². The molecule has 0 unspecified atom stereocenters. The van der Waals surface area contributed by atoms with Gasteiger partial charge in [-0.1, -0.05) is 48.6 Å². The van der Waals surface area contributed by atoms with Crippen LogP contribution in [0.3, 0.4) is 0 Å². The first-order chi connectivity index (χ1) is 10.0. The predicted octanol–water partition coefficient (Wildman–Crippen LogP) is 5.82. The van der Waals surface area contributed by atoms with E-state index in [1.54, 1.807) is 0 Å². The summed E-state index contributed by atoms with van der Waals surface area (Å²) in [4.78, 5) is 0. The van der Waals surface area contributed by atoms with Crippen LogP contribution in [0.1, 0.15) is 51.4 Å². The number of hydrogen-bond donors (Lipinski definition) is 0. The molecule has 0 saturated carbocycles. The van der Waals surface area contributed by atoms with E-state index in [0.717, 1.165) is 0 Å². The molecule has 2 N–H and O–H groups in total. The first-order valence-corrected chi connectivity index (χ1v) is 7.47. The fraction of sp³-hybridized carbons (Fsp3) is 0.500. The molecule has 2 aliphatic carbocycles. The third-order valence-corrected chi connectivity index (χ3v) is 2.67. The van der Waals surface area contributed by atoms with Crippen molar-refractivity contribution in [2.75, 3.05) is 0 Å². The van der Waals surface area contributed by atoms with Crippen LogP contribution in [0.5, 0.6) is 0 Å². The van der Waals surface area contributed by atoms with Crippen LogP contribution >= 0.6 is 0 Å². The van der Waals surface area contributed by atoms with E-state index in [-0.39, 0.29) is 25.0 Å². The van der Waals surface area contributed by atoms with Crippen LogP contribution in [0.4, 0.5) is 17.3 Å². The number of allylic oxidation sites excluding steroid dienone is 8. The van der Waals surface area contributed by atoms with Crippen molar-refractivity contribution in [3.63, 3.8) is 0 Å². The van der Waals surface area contributed by atoms with E-state index in [4.69, 9.17) is 0 Å². The maximum atomic E-state index is 9.75. The van der Waals surface area contributed by atoms with Gasteiger partial charge in [0, 0.05) is 19.5 Å². The molecule has 0 saturated heterocycles. The van der Waals surface area contributed by atoms with Gasteiger partial charge < -0.3 is 22.7 Å². The summed E-state index contributed by atoms with van der Waals surface area (Å²) in [5.41, 5.74) is 0. The monoisotopic (exact) mass is 424 g/mol. The van der Waals surface area contributed by atoms with Gasteiger partial charge in [-0.15, -0.1) is 0 Å². The van der Waals surface area contributed by atoms with Crippen LogP contribution in [0.2, 0.25) is 0 Å². The first-order valence-electron chi connectivity index (χ1n) is 7.47. The minimum atomic E-state index is -6.00. The number of rotatable bonds is 0. The Morgan fingerprint density at radius 2 is 0.522 bits per heavy atom. The Balaban J connectivity index is -0.000000258. The van der Waals surface area contributed by atoms with Crippen molar-refractivity contribution in [3.8, 4) is 0 Å². The van der Waals surface area contributed by atoms with Gasteiger partial charge in [0.1, 0.15) is 0 Å². The van der Waals surface area contributed by atoms with Gasteiger partial charge in [-0.2, -0.15) is 0 Å². The Labute approximate surface area is 149 Å². The molecule has 2 aliphatic rings. The standard InChI is InChI=1S/2C8H12.BF4.H2O.Rh/c2*1-2-4-6-8-7-5-3-1;2-1(3,4)5;;/h2*1-2,7-8H,3-6H2;;1H2;/q;;-1;;. The van der Waals surface area contributed by atoms with Gasteiger partial charge >= 0.3 is 7.25 Å². The molecule has 0 amide bonds. The minimum absolute atomic E-state index is 0. The zero-order valence-electron chi connectivity index (χ0n) is 13.2. The molecule has 0 aromatic rings. The van der Waals surface area contributed by atoms with Crippen molar-refractivity contribution < 1.29 is 42.2 Å². The first kappa shape index (κ1) is 27.2. The van der Waals surface area contributed by atoms with Crippen LogP contribution < -0.4 is 0 Å². The quantitative estimate of drug-likeness (QED) is 0.267. The van der Waals surface area contributed by atoms with Crippen molar-refractivity contribution in [2.24, 2.45) is 0 Å². The fourth-order valence-corrected chi connectivity index (χ4v) is 1.71. The van der Waals surface area contributed by atoms with Crippen LogP contribution in [-0.2, 0) is 19.5 Å². The Kier molecular flexibility index (Phi) is 22.9. The molecule has 2 rings (SSSR count). The average molecular weight is 424 g/mol. The molecule has 0 aromatic heterocycles. The average Bonchev–Trinajstić information content (AvgIpc) is 2.24. The third-order valence-electron chi connectivity index (χ3n) is 2.67. The summed E-state index contributed by atoms with van der Waals surface area (Å²) in [7, 11) is -6.00. The number of halogens is 4. The summed E-state index contributed by atoms with van der Waals surface area (Å²) < 4.78 is 39.0. The van der Waals surface area contributed by atoms with E-state index in [9.17, 15) is 17.3 Å². The van der Waals surface area contributed by atoms with Gasteiger partial charge in [0.05, 0.1) is 0 Å².